The number of hydrogen-bond acceptors (Lipinski definition) is 8. The molecule has 8 heteroatoms. The topological polar surface area (TPSA) is 80.0 Å². The minimum absolute atomic E-state index is 0.372. The van der Waals surface area contributed by atoms with Gasteiger partial charge in [0.15, 0.2) is 5.82 Å². The Bertz CT molecular complexity index is 800. The molecule has 0 unspecified atom stereocenters. The molecule has 1 N–H and O–H groups in total. The van der Waals surface area contributed by atoms with Crippen molar-refractivity contribution in [1.82, 2.24) is 25.0 Å². The van der Waals surface area contributed by atoms with Crippen LogP contribution in [0.3, 0.4) is 0 Å². The highest BCUT2D eigenvalue weighted by molar-refractivity contribution is 7.17. The zero-order valence-electron chi connectivity index (χ0n) is 12.9. The summed E-state index contributed by atoms with van der Waals surface area (Å²) in [7, 11) is 0. The zero-order valence-corrected chi connectivity index (χ0v) is 13.7. The van der Waals surface area contributed by atoms with E-state index in [1.807, 2.05) is 13.0 Å². The van der Waals surface area contributed by atoms with Gasteiger partial charge in [0, 0.05) is 19.5 Å². The number of thiophene rings is 1. The maximum atomic E-state index is 5.05. The number of fused-ring (bicyclic) bond motifs is 1. The van der Waals surface area contributed by atoms with E-state index in [4.69, 9.17) is 4.52 Å². The molecule has 1 fully saturated rings. The molecule has 3 aromatic rings. The molecular weight excluding hydrogens is 312 g/mol. The summed E-state index contributed by atoms with van der Waals surface area (Å²) in [5.74, 6) is 2.31. The van der Waals surface area contributed by atoms with Crippen molar-refractivity contribution in [3.05, 3.63) is 29.5 Å². The monoisotopic (exact) mass is 330 g/mol. The normalized spacial score (nSPS) is 19.3. The molecule has 0 spiro atoms. The van der Waals surface area contributed by atoms with Gasteiger partial charge in [-0.15, -0.1) is 11.3 Å². The Labute approximate surface area is 137 Å². The lowest BCUT2D eigenvalue weighted by Crippen LogP contribution is -2.41. The van der Waals surface area contributed by atoms with Gasteiger partial charge in [0.1, 0.15) is 12.1 Å². The van der Waals surface area contributed by atoms with E-state index in [-0.39, 0.29) is 0 Å². The Hall–Kier alpha value is -2.06. The first-order chi connectivity index (χ1) is 11.3. The van der Waals surface area contributed by atoms with E-state index in [0.29, 0.717) is 11.9 Å². The number of piperidine rings is 1. The third kappa shape index (κ3) is 3.18. The molecule has 0 bridgehead atoms. The van der Waals surface area contributed by atoms with Crippen LogP contribution in [0.1, 0.15) is 24.6 Å². The first-order valence-electron chi connectivity index (χ1n) is 7.74. The van der Waals surface area contributed by atoms with Gasteiger partial charge in [-0.25, -0.2) is 9.97 Å². The number of aromatic nitrogens is 4. The summed E-state index contributed by atoms with van der Waals surface area (Å²) in [5, 5.41) is 9.62. The standard InChI is InChI=1S/C15H18N6OS/c1-10-18-13(20-22-10)8-21-5-2-3-11(7-21)19-15-14-12(4-6-23-14)16-9-17-15/h4,6,9,11H,2-3,5,7-8H2,1H3,(H,16,17,19)/t11-/m0/s1. The zero-order chi connectivity index (χ0) is 15.6. The van der Waals surface area contributed by atoms with Gasteiger partial charge in [0.25, 0.3) is 0 Å². The number of rotatable bonds is 4. The number of likely N-dealkylation sites (tertiary alicyclic amines) is 1. The molecule has 1 saturated heterocycles. The number of nitrogens with one attached hydrogen (secondary N) is 1. The molecule has 1 aliphatic heterocycles. The fourth-order valence-electron chi connectivity index (χ4n) is 3.01. The van der Waals surface area contributed by atoms with Crippen molar-refractivity contribution in [1.29, 1.82) is 0 Å². The molecule has 1 aliphatic rings. The van der Waals surface area contributed by atoms with Crippen LogP contribution in [0, 0.1) is 6.92 Å². The minimum Gasteiger partial charge on any atom is -0.365 e. The molecule has 3 aromatic heterocycles. The van der Waals surface area contributed by atoms with Crippen LogP contribution >= 0.6 is 11.3 Å². The third-order valence-electron chi connectivity index (χ3n) is 4.02. The van der Waals surface area contributed by atoms with Gasteiger partial charge in [0.2, 0.25) is 5.89 Å². The Kier molecular flexibility index (Phi) is 3.92. The summed E-state index contributed by atoms with van der Waals surface area (Å²) >= 11 is 1.68. The Morgan fingerprint density at radius 1 is 1.43 bits per heavy atom. The highest BCUT2D eigenvalue weighted by atomic mass is 32.1. The van der Waals surface area contributed by atoms with Crippen LogP contribution in [-0.2, 0) is 6.54 Å². The smallest absolute Gasteiger partial charge is 0.223 e. The van der Waals surface area contributed by atoms with Gasteiger partial charge in [-0.1, -0.05) is 5.16 Å². The van der Waals surface area contributed by atoms with E-state index in [1.54, 1.807) is 17.7 Å². The van der Waals surface area contributed by atoms with E-state index in [2.05, 4.69) is 35.7 Å². The van der Waals surface area contributed by atoms with E-state index >= 15 is 0 Å². The summed E-state index contributed by atoms with van der Waals surface area (Å²) in [6.45, 7) is 4.56. The van der Waals surface area contributed by atoms with Crippen molar-refractivity contribution in [3.63, 3.8) is 0 Å². The van der Waals surface area contributed by atoms with Gasteiger partial charge in [-0.2, -0.15) is 4.98 Å². The maximum absolute atomic E-state index is 5.05. The molecule has 0 aromatic carbocycles. The van der Waals surface area contributed by atoms with Crippen molar-refractivity contribution in [2.45, 2.75) is 32.4 Å². The van der Waals surface area contributed by atoms with Crippen molar-refractivity contribution in [2.24, 2.45) is 0 Å². The van der Waals surface area contributed by atoms with E-state index in [9.17, 15) is 0 Å². The number of nitrogens with zero attached hydrogens (tertiary/aromatic N) is 5. The van der Waals surface area contributed by atoms with Crippen LogP contribution in [0.4, 0.5) is 5.82 Å². The highest BCUT2D eigenvalue weighted by Gasteiger charge is 2.22. The minimum atomic E-state index is 0.372. The molecule has 0 amide bonds. The lowest BCUT2D eigenvalue weighted by atomic mass is 10.1. The molecular formula is C15H18N6OS. The molecule has 1 atom stereocenters. The van der Waals surface area contributed by atoms with Gasteiger partial charge in [-0.05, 0) is 30.8 Å². The van der Waals surface area contributed by atoms with Gasteiger partial charge in [-0.3, -0.25) is 4.90 Å². The van der Waals surface area contributed by atoms with Crippen LogP contribution in [0.2, 0.25) is 0 Å². The number of hydrogen-bond donors (Lipinski definition) is 1. The largest absolute Gasteiger partial charge is 0.365 e. The second-order valence-corrected chi connectivity index (χ2v) is 6.72. The fourth-order valence-corrected chi connectivity index (χ4v) is 3.81. The SMILES string of the molecule is Cc1nc(CN2CCC[C@H](Nc3ncnc4ccsc34)C2)no1. The van der Waals surface area contributed by atoms with Crippen LogP contribution in [0.5, 0.6) is 0 Å². The van der Waals surface area contributed by atoms with Crippen molar-refractivity contribution < 1.29 is 4.52 Å². The Morgan fingerprint density at radius 2 is 2.39 bits per heavy atom. The van der Waals surface area contributed by atoms with E-state index < -0.39 is 0 Å². The van der Waals surface area contributed by atoms with Crippen molar-refractivity contribution in [2.75, 3.05) is 18.4 Å². The van der Waals surface area contributed by atoms with Gasteiger partial charge >= 0.3 is 0 Å². The second-order valence-electron chi connectivity index (χ2n) is 5.81. The molecule has 120 valence electrons. The van der Waals surface area contributed by atoms with Crippen LogP contribution in [0.25, 0.3) is 10.2 Å². The first-order valence-corrected chi connectivity index (χ1v) is 8.62. The molecule has 4 rings (SSSR count). The highest BCUT2D eigenvalue weighted by Crippen LogP contribution is 2.26. The predicted molar refractivity (Wildman–Crippen MR) is 88.4 cm³/mol. The summed E-state index contributed by atoms with van der Waals surface area (Å²) in [4.78, 5) is 15.4. The van der Waals surface area contributed by atoms with Gasteiger partial charge < -0.3 is 9.84 Å². The average molecular weight is 330 g/mol. The quantitative estimate of drug-likeness (QED) is 0.787. The lowest BCUT2D eigenvalue weighted by molar-refractivity contribution is 0.201. The van der Waals surface area contributed by atoms with Crippen LogP contribution in [0.15, 0.2) is 22.3 Å². The average Bonchev–Trinajstić information content (AvgIpc) is 3.17. The van der Waals surface area contributed by atoms with Crippen molar-refractivity contribution in [3.8, 4) is 0 Å². The Morgan fingerprint density at radius 3 is 3.26 bits per heavy atom. The molecule has 4 heterocycles. The molecule has 0 saturated carbocycles. The number of aryl methyl sites for hydroxylation is 1. The third-order valence-corrected chi connectivity index (χ3v) is 4.93. The fraction of sp³-hybridized carbons (Fsp3) is 0.467. The first kappa shape index (κ1) is 14.5. The van der Waals surface area contributed by atoms with E-state index in [0.717, 1.165) is 54.3 Å². The summed E-state index contributed by atoms with van der Waals surface area (Å²) in [5.41, 5.74) is 1.00. The van der Waals surface area contributed by atoms with E-state index in [1.165, 1.54) is 0 Å². The van der Waals surface area contributed by atoms with Crippen LogP contribution in [-0.4, -0.2) is 44.1 Å². The molecule has 0 radical (unpaired) electrons. The maximum Gasteiger partial charge on any atom is 0.223 e. The molecule has 23 heavy (non-hydrogen) atoms. The molecule has 7 nitrogen and oxygen atoms in total. The van der Waals surface area contributed by atoms with Gasteiger partial charge in [0.05, 0.1) is 16.8 Å². The molecule has 0 aliphatic carbocycles. The second kappa shape index (κ2) is 6.21. The van der Waals surface area contributed by atoms with Crippen molar-refractivity contribution >= 4 is 27.4 Å². The number of anilines is 1. The van der Waals surface area contributed by atoms with Crippen LogP contribution < -0.4 is 5.32 Å². The lowest BCUT2D eigenvalue weighted by Gasteiger charge is -2.32. The predicted octanol–water partition coefficient (Wildman–Crippen LogP) is 2.46. The summed E-state index contributed by atoms with van der Waals surface area (Å²) < 4.78 is 6.17. The summed E-state index contributed by atoms with van der Waals surface area (Å²) in [6.07, 6.45) is 3.91. The Balaban J connectivity index is 1.44. The summed E-state index contributed by atoms with van der Waals surface area (Å²) in [6, 6.07) is 2.40.